The van der Waals surface area contributed by atoms with Crippen molar-refractivity contribution in [3.05, 3.63) is 58.7 Å². The van der Waals surface area contributed by atoms with Gasteiger partial charge < -0.3 is 15.4 Å². The Morgan fingerprint density at radius 2 is 1.65 bits per heavy atom. The first-order valence-corrected chi connectivity index (χ1v) is 7.78. The average Bonchev–Trinajstić information content (AvgIpc) is 2.48. The number of carbonyl (C=O) groups is 1. The van der Waals surface area contributed by atoms with E-state index in [2.05, 4.69) is 29.7 Å². The van der Waals surface area contributed by atoms with Gasteiger partial charge in [-0.25, -0.2) is 4.79 Å². The van der Waals surface area contributed by atoms with Gasteiger partial charge in [-0.15, -0.1) is 0 Å². The fourth-order valence-electron chi connectivity index (χ4n) is 2.59. The lowest BCUT2D eigenvalue weighted by Gasteiger charge is -2.14. The summed E-state index contributed by atoms with van der Waals surface area (Å²) in [6.07, 6.45) is 0. The summed E-state index contributed by atoms with van der Waals surface area (Å²) in [7, 11) is 0. The van der Waals surface area contributed by atoms with E-state index >= 15 is 0 Å². The minimum atomic E-state index is -0.222. The van der Waals surface area contributed by atoms with Crippen LogP contribution in [0.2, 0.25) is 0 Å². The molecule has 0 radical (unpaired) electrons. The molecule has 0 unspecified atom stereocenters. The monoisotopic (exact) mass is 312 g/mol. The molecular formula is C19H24N2O2. The van der Waals surface area contributed by atoms with E-state index in [0.29, 0.717) is 13.2 Å². The maximum absolute atomic E-state index is 11.9. The fraction of sp³-hybridized carbons (Fsp3) is 0.316. The first-order valence-electron chi connectivity index (χ1n) is 7.78. The predicted molar refractivity (Wildman–Crippen MR) is 94.3 cm³/mol. The Bertz CT molecular complexity index is 673. The van der Waals surface area contributed by atoms with Crippen LogP contribution in [0.25, 0.3) is 0 Å². The molecule has 2 aromatic carbocycles. The molecule has 2 aromatic rings. The molecule has 0 aliphatic rings. The van der Waals surface area contributed by atoms with Crippen LogP contribution in [-0.2, 0) is 0 Å². The van der Waals surface area contributed by atoms with Gasteiger partial charge in [0.05, 0.1) is 6.54 Å². The van der Waals surface area contributed by atoms with Crippen LogP contribution in [-0.4, -0.2) is 19.2 Å². The van der Waals surface area contributed by atoms with Crippen molar-refractivity contribution in [2.24, 2.45) is 0 Å². The number of amides is 2. The number of urea groups is 1. The Morgan fingerprint density at radius 3 is 2.30 bits per heavy atom. The Labute approximate surface area is 137 Å². The van der Waals surface area contributed by atoms with Gasteiger partial charge in [-0.2, -0.15) is 0 Å². The number of hydrogen-bond donors (Lipinski definition) is 2. The molecule has 0 spiro atoms. The topological polar surface area (TPSA) is 50.4 Å². The van der Waals surface area contributed by atoms with Crippen molar-refractivity contribution in [2.75, 3.05) is 18.5 Å². The molecule has 4 heteroatoms. The standard InChI is InChI=1S/C19H24N2O2/c1-13-11-15(3)18(16(4)12-13)23-10-9-20-19(22)21-17-8-6-5-7-14(17)2/h5-8,11-12H,9-10H2,1-4H3,(H2,20,21,22). The Morgan fingerprint density at radius 1 is 1.00 bits per heavy atom. The first-order chi connectivity index (χ1) is 11.0. The summed E-state index contributed by atoms with van der Waals surface area (Å²) >= 11 is 0. The van der Waals surface area contributed by atoms with Gasteiger partial charge in [-0.05, 0) is 50.5 Å². The zero-order chi connectivity index (χ0) is 16.8. The van der Waals surface area contributed by atoms with Crippen LogP contribution in [0.5, 0.6) is 5.75 Å². The second-order valence-corrected chi connectivity index (χ2v) is 5.77. The van der Waals surface area contributed by atoms with Crippen molar-refractivity contribution in [1.82, 2.24) is 5.32 Å². The van der Waals surface area contributed by atoms with E-state index in [1.54, 1.807) is 0 Å². The zero-order valence-electron chi connectivity index (χ0n) is 14.2. The molecule has 0 heterocycles. The van der Waals surface area contributed by atoms with Gasteiger partial charge in [-0.3, -0.25) is 0 Å². The number of nitrogens with one attached hydrogen (secondary N) is 2. The van der Waals surface area contributed by atoms with E-state index in [-0.39, 0.29) is 6.03 Å². The quantitative estimate of drug-likeness (QED) is 0.816. The van der Waals surface area contributed by atoms with Crippen molar-refractivity contribution in [3.63, 3.8) is 0 Å². The van der Waals surface area contributed by atoms with E-state index in [4.69, 9.17) is 4.74 Å². The van der Waals surface area contributed by atoms with Crippen LogP contribution in [0, 0.1) is 27.7 Å². The summed E-state index contributed by atoms with van der Waals surface area (Å²) in [5, 5.41) is 5.64. The zero-order valence-corrected chi connectivity index (χ0v) is 14.2. The Kier molecular flexibility index (Phi) is 5.63. The minimum absolute atomic E-state index is 0.222. The fourth-order valence-corrected chi connectivity index (χ4v) is 2.59. The van der Waals surface area contributed by atoms with E-state index in [1.165, 1.54) is 5.56 Å². The highest BCUT2D eigenvalue weighted by Gasteiger charge is 2.06. The number of benzene rings is 2. The highest BCUT2D eigenvalue weighted by atomic mass is 16.5. The summed E-state index contributed by atoms with van der Waals surface area (Å²) in [4.78, 5) is 11.9. The molecule has 0 fully saturated rings. The second kappa shape index (κ2) is 7.68. The highest BCUT2D eigenvalue weighted by molar-refractivity contribution is 5.89. The van der Waals surface area contributed by atoms with Gasteiger partial charge >= 0.3 is 6.03 Å². The summed E-state index contributed by atoms with van der Waals surface area (Å²) in [5.74, 6) is 0.900. The number of para-hydroxylation sites is 1. The van der Waals surface area contributed by atoms with Gasteiger partial charge in [0.1, 0.15) is 12.4 Å². The molecule has 4 nitrogen and oxygen atoms in total. The van der Waals surface area contributed by atoms with E-state index < -0.39 is 0 Å². The molecule has 0 aliphatic heterocycles. The van der Waals surface area contributed by atoms with Crippen LogP contribution in [0.1, 0.15) is 22.3 Å². The number of rotatable bonds is 5. The maximum Gasteiger partial charge on any atom is 0.319 e. The van der Waals surface area contributed by atoms with E-state index in [1.807, 2.05) is 45.0 Å². The molecule has 23 heavy (non-hydrogen) atoms. The number of hydrogen-bond acceptors (Lipinski definition) is 2. The summed E-state index contributed by atoms with van der Waals surface area (Å²) < 4.78 is 5.80. The molecule has 0 saturated carbocycles. The van der Waals surface area contributed by atoms with Crippen molar-refractivity contribution in [1.29, 1.82) is 0 Å². The van der Waals surface area contributed by atoms with Gasteiger partial charge in [0.2, 0.25) is 0 Å². The normalized spacial score (nSPS) is 10.3. The predicted octanol–water partition coefficient (Wildman–Crippen LogP) is 4.12. The molecule has 0 bridgehead atoms. The van der Waals surface area contributed by atoms with Crippen LogP contribution in [0.4, 0.5) is 10.5 Å². The molecule has 0 saturated heterocycles. The number of ether oxygens (including phenoxy) is 1. The largest absolute Gasteiger partial charge is 0.491 e. The molecule has 122 valence electrons. The van der Waals surface area contributed by atoms with Crippen molar-refractivity contribution >= 4 is 11.7 Å². The smallest absolute Gasteiger partial charge is 0.319 e. The molecule has 0 aliphatic carbocycles. The van der Waals surface area contributed by atoms with Gasteiger partial charge in [0, 0.05) is 5.69 Å². The lowest BCUT2D eigenvalue weighted by molar-refractivity contribution is 0.247. The minimum Gasteiger partial charge on any atom is -0.491 e. The lowest BCUT2D eigenvalue weighted by atomic mass is 10.1. The number of anilines is 1. The van der Waals surface area contributed by atoms with Crippen molar-refractivity contribution in [3.8, 4) is 5.75 Å². The SMILES string of the molecule is Cc1cc(C)c(OCCNC(=O)Nc2ccccc2C)c(C)c1. The van der Waals surface area contributed by atoms with Gasteiger partial charge in [0.25, 0.3) is 0 Å². The molecular weight excluding hydrogens is 288 g/mol. The van der Waals surface area contributed by atoms with E-state index in [0.717, 1.165) is 28.1 Å². The number of carbonyl (C=O) groups excluding carboxylic acids is 1. The van der Waals surface area contributed by atoms with Gasteiger partial charge in [0.15, 0.2) is 0 Å². The average molecular weight is 312 g/mol. The van der Waals surface area contributed by atoms with Crippen LogP contribution in [0.15, 0.2) is 36.4 Å². The molecule has 0 aromatic heterocycles. The summed E-state index contributed by atoms with van der Waals surface area (Å²) in [6, 6.07) is 11.7. The van der Waals surface area contributed by atoms with Crippen molar-refractivity contribution < 1.29 is 9.53 Å². The summed E-state index contributed by atoms with van der Waals surface area (Å²) in [6.45, 7) is 8.99. The molecule has 2 amide bonds. The second-order valence-electron chi connectivity index (χ2n) is 5.77. The van der Waals surface area contributed by atoms with E-state index in [9.17, 15) is 4.79 Å². The van der Waals surface area contributed by atoms with Gasteiger partial charge in [-0.1, -0.05) is 35.9 Å². The highest BCUT2D eigenvalue weighted by Crippen LogP contribution is 2.24. The molecule has 2 N–H and O–H groups in total. The Balaban J connectivity index is 1.80. The Hall–Kier alpha value is -2.49. The summed E-state index contributed by atoms with van der Waals surface area (Å²) in [5.41, 5.74) is 5.31. The third-order valence-electron chi connectivity index (χ3n) is 3.63. The maximum atomic E-state index is 11.9. The molecule has 0 atom stereocenters. The van der Waals surface area contributed by atoms with Crippen LogP contribution < -0.4 is 15.4 Å². The third-order valence-corrected chi connectivity index (χ3v) is 3.63. The van der Waals surface area contributed by atoms with Crippen molar-refractivity contribution in [2.45, 2.75) is 27.7 Å². The van der Waals surface area contributed by atoms with Crippen LogP contribution in [0.3, 0.4) is 0 Å². The lowest BCUT2D eigenvalue weighted by Crippen LogP contribution is -2.32. The first kappa shape index (κ1) is 16.9. The molecule has 2 rings (SSSR count). The number of aryl methyl sites for hydroxylation is 4. The van der Waals surface area contributed by atoms with Crippen LogP contribution >= 0.6 is 0 Å². The third kappa shape index (κ3) is 4.74.